The average Bonchev–Trinajstić information content (AvgIpc) is 2.65. The Morgan fingerprint density at radius 2 is 2.56 bits per heavy atom. The largest absolute Gasteiger partial charge is 0.374 e. The number of ether oxygens (including phenoxy) is 1. The minimum atomic E-state index is 0.314. The first-order chi connectivity index (χ1) is 7.78. The normalized spacial score (nSPS) is 22.5. The second-order valence-corrected chi connectivity index (χ2v) is 5.45. The summed E-state index contributed by atoms with van der Waals surface area (Å²) in [6.45, 7) is 4.74. The Balaban J connectivity index is 1.85. The molecule has 0 bridgehead atoms. The fourth-order valence-corrected chi connectivity index (χ4v) is 3.05. The van der Waals surface area contributed by atoms with E-state index in [1.165, 1.54) is 4.88 Å². The number of halogens is 1. The van der Waals surface area contributed by atoms with E-state index in [1.54, 1.807) is 11.3 Å². The van der Waals surface area contributed by atoms with Crippen LogP contribution in [0.25, 0.3) is 0 Å². The van der Waals surface area contributed by atoms with Crippen molar-refractivity contribution in [3.63, 3.8) is 0 Å². The van der Waals surface area contributed by atoms with Crippen LogP contribution in [-0.4, -0.2) is 44.3 Å². The number of nitrogens with one attached hydrogen (secondary N) is 1. The maximum absolute atomic E-state index is 5.91. The van der Waals surface area contributed by atoms with Crippen molar-refractivity contribution in [3.05, 3.63) is 21.3 Å². The quantitative estimate of drug-likeness (QED) is 0.894. The zero-order valence-corrected chi connectivity index (χ0v) is 11.0. The lowest BCUT2D eigenvalue weighted by Crippen LogP contribution is -2.45. The van der Waals surface area contributed by atoms with Crippen LogP contribution in [0.2, 0.25) is 5.02 Å². The Morgan fingerprint density at radius 1 is 1.69 bits per heavy atom. The molecule has 0 spiro atoms. The van der Waals surface area contributed by atoms with E-state index in [1.807, 2.05) is 12.4 Å². The lowest BCUT2D eigenvalue weighted by Gasteiger charge is -2.32. The molecule has 1 saturated heterocycles. The average molecular weight is 261 g/mol. The summed E-state index contributed by atoms with van der Waals surface area (Å²) in [4.78, 5) is 3.75. The van der Waals surface area contributed by atoms with Gasteiger partial charge in [0.15, 0.2) is 0 Å². The summed E-state index contributed by atoms with van der Waals surface area (Å²) in [6.07, 6.45) is 0.314. The van der Waals surface area contributed by atoms with Crippen molar-refractivity contribution < 1.29 is 4.74 Å². The molecule has 0 aromatic carbocycles. The minimum Gasteiger partial charge on any atom is -0.374 e. The van der Waals surface area contributed by atoms with Crippen LogP contribution in [-0.2, 0) is 11.3 Å². The molecule has 0 radical (unpaired) electrons. The third-order valence-corrected chi connectivity index (χ3v) is 3.92. The van der Waals surface area contributed by atoms with Gasteiger partial charge in [-0.15, -0.1) is 11.3 Å². The van der Waals surface area contributed by atoms with Crippen molar-refractivity contribution in [2.24, 2.45) is 0 Å². The van der Waals surface area contributed by atoms with Gasteiger partial charge in [0.2, 0.25) is 0 Å². The highest BCUT2D eigenvalue weighted by atomic mass is 35.5. The molecule has 1 aromatic heterocycles. The first-order valence-electron chi connectivity index (χ1n) is 5.49. The molecule has 1 atom stereocenters. The summed E-state index contributed by atoms with van der Waals surface area (Å²) < 4.78 is 5.66. The Bertz CT molecular complexity index is 330. The van der Waals surface area contributed by atoms with Crippen LogP contribution in [0.5, 0.6) is 0 Å². The molecular formula is C11H17ClN2OS. The van der Waals surface area contributed by atoms with Crippen molar-refractivity contribution in [1.82, 2.24) is 10.2 Å². The van der Waals surface area contributed by atoms with E-state index in [0.29, 0.717) is 6.10 Å². The lowest BCUT2D eigenvalue weighted by molar-refractivity contribution is -0.0288. The summed E-state index contributed by atoms with van der Waals surface area (Å²) in [5, 5.41) is 5.99. The molecule has 2 rings (SSSR count). The van der Waals surface area contributed by atoms with E-state index in [4.69, 9.17) is 16.3 Å². The van der Waals surface area contributed by atoms with Gasteiger partial charge in [-0.05, 0) is 13.1 Å². The fourth-order valence-electron chi connectivity index (χ4n) is 1.93. The van der Waals surface area contributed by atoms with E-state index < -0.39 is 0 Å². The highest BCUT2D eigenvalue weighted by Crippen LogP contribution is 2.21. The van der Waals surface area contributed by atoms with Crippen LogP contribution < -0.4 is 5.32 Å². The smallest absolute Gasteiger partial charge is 0.0826 e. The van der Waals surface area contributed by atoms with Crippen LogP contribution >= 0.6 is 22.9 Å². The maximum Gasteiger partial charge on any atom is 0.0826 e. The van der Waals surface area contributed by atoms with Gasteiger partial charge in [-0.2, -0.15) is 0 Å². The van der Waals surface area contributed by atoms with Crippen LogP contribution in [0.4, 0.5) is 0 Å². The standard InChI is InChI=1S/C11H17ClN2OS/c1-13-5-10-6-14(2-3-15-10)7-11-4-9(12)8-16-11/h4,8,10,13H,2-3,5-7H2,1H3. The van der Waals surface area contributed by atoms with E-state index in [-0.39, 0.29) is 0 Å². The predicted molar refractivity (Wildman–Crippen MR) is 68.3 cm³/mol. The highest BCUT2D eigenvalue weighted by Gasteiger charge is 2.20. The van der Waals surface area contributed by atoms with Crippen molar-refractivity contribution >= 4 is 22.9 Å². The van der Waals surface area contributed by atoms with Crippen molar-refractivity contribution in [3.8, 4) is 0 Å². The number of rotatable bonds is 4. The van der Waals surface area contributed by atoms with E-state index in [9.17, 15) is 0 Å². The number of hydrogen-bond acceptors (Lipinski definition) is 4. The monoisotopic (exact) mass is 260 g/mol. The van der Waals surface area contributed by atoms with Crippen LogP contribution in [0.15, 0.2) is 11.4 Å². The van der Waals surface area contributed by atoms with Gasteiger partial charge in [0.05, 0.1) is 17.7 Å². The van der Waals surface area contributed by atoms with Crippen LogP contribution in [0, 0.1) is 0 Å². The Morgan fingerprint density at radius 3 is 3.25 bits per heavy atom. The van der Waals surface area contributed by atoms with Gasteiger partial charge in [-0.3, -0.25) is 4.90 Å². The van der Waals surface area contributed by atoms with Crippen molar-refractivity contribution in [2.45, 2.75) is 12.6 Å². The van der Waals surface area contributed by atoms with Crippen LogP contribution in [0.1, 0.15) is 4.88 Å². The Kier molecular flexibility index (Phi) is 4.61. The molecule has 0 saturated carbocycles. The van der Waals surface area contributed by atoms with Crippen molar-refractivity contribution in [2.75, 3.05) is 33.3 Å². The number of likely N-dealkylation sites (N-methyl/N-ethyl adjacent to an activating group) is 1. The van der Waals surface area contributed by atoms with Crippen LogP contribution in [0.3, 0.4) is 0 Å². The van der Waals surface area contributed by atoms with E-state index in [2.05, 4.69) is 16.3 Å². The molecule has 2 heterocycles. The third-order valence-electron chi connectivity index (χ3n) is 2.66. The topological polar surface area (TPSA) is 24.5 Å². The Hall–Kier alpha value is -0.130. The third kappa shape index (κ3) is 3.43. The highest BCUT2D eigenvalue weighted by molar-refractivity contribution is 7.10. The molecule has 1 aromatic rings. The van der Waals surface area contributed by atoms with E-state index >= 15 is 0 Å². The first kappa shape index (κ1) is 12.3. The van der Waals surface area contributed by atoms with Gasteiger partial charge in [0.1, 0.15) is 0 Å². The Labute approximate surface area is 105 Å². The summed E-state index contributed by atoms with van der Waals surface area (Å²) >= 11 is 7.64. The molecule has 0 amide bonds. The lowest BCUT2D eigenvalue weighted by atomic mass is 10.2. The number of thiophene rings is 1. The zero-order chi connectivity index (χ0) is 11.4. The molecule has 90 valence electrons. The molecule has 1 aliphatic heterocycles. The molecule has 5 heteroatoms. The van der Waals surface area contributed by atoms with Gasteiger partial charge >= 0.3 is 0 Å². The molecule has 16 heavy (non-hydrogen) atoms. The molecule has 1 unspecified atom stereocenters. The summed E-state index contributed by atoms with van der Waals surface area (Å²) in [5.41, 5.74) is 0. The predicted octanol–water partition coefficient (Wildman–Crippen LogP) is 1.82. The number of hydrogen-bond donors (Lipinski definition) is 1. The molecule has 1 aliphatic rings. The van der Waals surface area contributed by atoms with E-state index in [0.717, 1.165) is 37.8 Å². The molecular weight excluding hydrogens is 244 g/mol. The summed E-state index contributed by atoms with van der Waals surface area (Å²) in [6, 6.07) is 2.05. The number of nitrogens with zero attached hydrogens (tertiary/aromatic N) is 1. The second kappa shape index (κ2) is 5.98. The van der Waals surface area contributed by atoms with Gasteiger partial charge < -0.3 is 10.1 Å². The minimum absolute atomic E-state index is 0.314. The van der Waals surface area contributed by atoms with Gasteiger partial charge in [-0.1, -0.05) is 11.6 Å². The van der Waals surface area contributed by atoms with Gasteiger partial charge in [0.25, 0.3) is 0 Å². The number of morpholine rings is 1. The maximum atomic E-state index is 5.91. The zero-order valence-electron chi connectivity index (χ0n) is 9.41. The second-order valence-electron chi connectivity index (χ2n) is 4.02. The SMILES string of the molecule is CNCC1CN(Cc2cc(Cl)cs2)CCO1. The molecule has 1 fully saturated rings. The van der Waals surface area contributed by atoms with Gasteiger partial charge in [0, 0.05) is 36.4 Å². The summed E-state index contributed by atoms with van der Waals surface area (Å²) in [5.74, 6) is 0. The van der Waals surface area contributed by atoms with Crippen molar-refractivity contribution in [1.29, 1.82) is 0 Å². The molecule has 1 N–H and O–H groups in total. The van der Waals surface area contributed by atoms with Gasteiger partial charge in [-0.25, -0.2) is 0 Å². The first-order valence-corrected chi connectivity index (χ1v) is 6.75. The fraction of sp³-hybridized carbons (Fsp3) is 0.636. The molecule has 0 aliphatic carbocycles. The summed E-state index contributed by atoms with van der Waals surface area (Å²) in [7, 11) is 1.96. The molecule has 3 nitrogen and oxygen atoms in total.